The number of carbonyl (C=O) groups is 1. The van der Waals surface area contributed by atoms with Gasteiger partial charge in [-0.05, 0) is 72.9 Å². The molecule has 0 bridgehead atoms. The van der Waals surface area contributed by atoms with Crippen LogP contribution < -0.4 is 10.1 Å². The fourth-order valence-corrected chi connectivity index (χ4v) is 3.90. The third-order valence-corrected chi connectivity index (χ3v) is 5.62. The zero-order valence-electron chi connectivity index (χ0n) is 16.1. The lowest BCUT2D eigenvalue weighted by Gasteiger charge is -2.20. The molecule has 4 rings (SSSR count). The first-order valence-corrected chi connectivity index (χ1v) is 9.65. The van der Waals surface area contributed by atoms with E-state index in [1.165, 1.54) is 16.5 Å². The largest absolute Gasteiger partial charge is 0.480 e. The Morgan fingerprint density at radius 3 is 2.56 bits per heavy atom. The zero-order chi connectivity index (χ0) is 19.0. The van der Waals surface area contributed by atoms with Crippen LogP contribution in [0.2, 0.25) is 0 Å². The van der Waals surface area contributed by atoms with E-state index < -0.39 is 6.10 Å². The molecule has 0 aliphatic heterocycles. The number of hydrogen-bond donors (Lipinski definition) is 1. The monoisotopic (exact) mass is 359 g/mol. The zero-order valence-corrected chi connectivity index (χ0v) is 16.1. The molecule has 1 atom stereocenters. The fourth-order valence-electron chi connectivity index (χ4n) is 3.90. The Balaban J connectivity index is 1.60. The molecule has 0 fully saturated rings. The van der Waals surface area contributed by atoms with Crippen molar-refractivity contribution in [1.29, 1.82) is 0 Å². The molecule has 138 valence electrons. The second-order valence-corrected chi connectivity index (χ2v) is 7.31. The van der Waals surface area contributed by atoms with Crippen LogP contribution in [0.3, 0.4) is 0 Å². The highest BCUT2D eigenvalue weighted by molar-refractivity contribution is 6.06. The van der Waals surface area contributed by atoms with E-state index >= 15 is 0 Å². The van der Waals surface area contributed by atoms with Gasteiger partial charge in [0.25, 0.3) is 5.91 Å². The number of amides is 1. The molecule has 3 heteroatoms. The summed E-state index contributed by atoms with van der Waals surface area (Å²) >= 11 is 0. The van der Waals surface area contributed by atoms with E-state index in [1.54, 1.807) is 0 Å². The average Bonchev–Trinajstić information content (AvgIpc) is 3.10. The van der Waals surface area contributed by atoms with E-state index in [2.05, 4.69) is 42.6 Å². The van der Waals surface area contributed by atoms with Gasteiger partial charge < -0.3 is 10.1 Å². The molecule has 0 heterocycles. The fraction of sp³-hybridized carbons (Fsp3) is 0.292. The van der Waals surface area contributed by atoms with Gasteiger partial charge in [-0.15, -0.1) is 0 Å². The van der Waals surface area contributed by atoms with Crippen LogP contribution in [0.25, 0.3) is 10.8 Å². The van der Waals surface area contributed by atoms with Gasteiger partial charge in [-0.2, -0.15) is 0 Å². The molecule has 1 N–H and O–H groups in total. The maximum atomic E-state index is 12.9. The summed E-state index contributed by atoms with van der Waals surface area (Å²) in [5, 5.41) is 5.54. The van der Waals surface area contributed by atoms with Crippen molar-refractivity contribution in [2.75, 3.05) is 5.32 Å². The van der Waals surface area contributed by atoms with Gasteiger partial charge in [-0.25, -0.2) is 0 Å². The second kappa shape index (κ2) is 7.07. The molecule has 0 aromatic heterocycles. The third kappa shape index (κ3) is 3.18. The lowest BCUT2D eigenvalue weighted by atomic mass is 10.0. The number of hydrogen-bond acceptors (Lipinski definition) is 2. The Bertz CT molecular complexity index is 1010. The molecule has 3 aromatic rings. The van der Waals surface area contributed by atoms with Crippen LogP contribution in [0.5, 0.6) is 5.75 Å². The van der Waals surface area contributed by atoms with Crippen LogP contribution in [0.1, 0.15) is 35.6 Å². The van der Waals surface area contributed by atoms with Crippen molar-refractivity contribution in [2.45, 2.75) is 46.1 Å². The number of benzene rings is 3. The molecule has 1 amide bonds. The summed E-state index contributed by atoms with van der Waals surface area (Å²) in [6.45, 7) is 6.05. The lowest BCUT2D eigenvalue weighted by molar-refractivity contribution is -0.122. The maximum absolute atomic E-state index is 12.9. The molecule has 1 aliphatic rings. The molecule has 3 nitrogen and oxygen atoms in total. The smallest absolute Gasteiger partial charge is 0.265 e. The highest BCUT2D eigenvalue weighted by atomic mass is 16.5. The maximum Gasteiger partial charge on any atom is 0.265 e. The average molecular weight is 359 g/mol. The Morgan fingerprint density at radius 1 is 1.04 bits per heavy atom. The van der Waals surface area contributed by atoms with Gasteiger partial charge in [0, 0.05) is 11.1 Å². The van der Waals surface area contributed by atoms with E-state index in [1.807, 2.05) is 32.0 Å². The number of ether oxygens (including phenoxy) is 1. The van der Waals surface area contributed by atoms with Gasteiger partial charge in [-0.3, -0.25) is 4.79 Å². The highest BCUT2D eigenvalue weighted by Crippen LogP contribution is 2.35. The van der Waals surface area contributed by atoms with Gasteiger partial charge >= 0.3 is 0 Å². The molecule has 0 radical (unpaired) electrons. The van der Waals surface area contributed by atoms with Gasteiger partial charge in [-0.1, -0.05) is 43.3 Å². The summed E-state index contributed by atoms with van der Waals surface area (Å²) < 4.78 is 6.07. The van der Waals surface area contributed by atoms with E-state index in [0.717, 1.165) is 40.8 Å². The molecule has 0 saturated heterocycles. The first-order valence-electron chi connectivity index (χ1n) is 9.65. The molecule has 1 aliphatic carbocycles. The van der Waals surface area contributed by atoms with Crippen molar-refractivity contribution in [3.05, 3.63) is 70.8 Å². The van der Waals surface area contributed by atoms with E-state index in [0.29, 0.717) is 6.42 Å². The SMILES string of the molecule is CCC(Oc1cccc(C)c1C)C(=O)Nc1ccc2c3c(cccc13)CC2. The standard InChI is InChI=1S/C24H25NO2/c1-4-21(27-22-10-5-7-15(2)16(22)3)24(26)25-20-14-13-18-12-11-17-8-6-9-19(20)23(17)18/h5-10,13-14,21H,4,11-12H2,1-3H3,(H,25,26). The normalized spacial score (nSPS) is 13.6. The third-order valence-electron chi connectivity index (χ3n) is 5.62. The Hall–Kier alpha value is -2.81. The summed E-state index contributed by atoms with van der Waals surface area (Å²) in [7, 11) is 0. The van der Waals surface area contributed by atoms with Gasteiger partial charge in [0.2, 0.25) is 0 Å². The van der Waals surface area contributed by atoms with Crippen LogP contribution in [0.4, 0.5) is 5.69 Å². The van der Waals surface area contributed by atoms with Gasteiger partial charge in [0.05, 0.1) is 0 Å². The van der Waals surface area contributed by atoms with Crippen LogP contribution in [-0.4, -0.2) is 12.0 Å². The minimum Gasteiger partial charge on any atom is -0.480 e. The second-order valence-electron chi connectivity index (χ2n) is 7.31. The number of rotatable bonds is 5. The predicted octanol–water partition coefficient (Wildman–Crippen LogP) is 5.35. The summed E-state index contributed by atoms with van der Waals surface area (Å²) in [6, 6.07) is 16.5. The van der Waals surface area contributed by atoms with E-state index in [4.69, 9.17) is 4.74 Å². The van der Waals surface area contributed by atoms with E-state index in [-0.39, 0.29) is 5.91 Å². The van der Waals surface area contributed by atoms with Crippen LogP contribution >= 0.6 is 0 Å². The molecular formula is C24H25NO2. The van der Waals surface area contributed by atoms with Crippen LogP contribution in [-0.2, 0) is 17.6 Å². The molecule has 1 unspecified atom stereocenters. The minimum atomic E-state index is -0.520. The lowest BCUT2D eigenvalue weighted by Crippen LogP contribution is -2.32. The summed E-state index contributed by atoms with van der Waals surface area (Å²) in [6.07, 6.45) is 2.25. The number of aryl methyl sites for hydroxylation is 3. The Morgan fingerprint density at radius 2 is 1.78 bits per heavy atom. The molecule has 3 aromatic carbocycles. The van der Waals surface area contributed by atoms with Crippen LogP contribution in [0, 0.1) is 13.8 Å². The van der Waals surface area contributed by atoms with E-state index in [9.17, 15) is 4.79 Å². The Kier molecular flexibility index (Phi) is 4.61. The van der Waals surface area contributed by atoms with Crippen molar-refractivity contribution in [2.24, 2.45) is 0 Å². The predicted molar refractivity (Wildman–Crippen MR) is 111 cm³/mol. The highest BCUT2D eigenvalue weighted by Gasteiger charge is 2.22. The molecule has 0 saturated carbocycles. The van der Waals surface area contributed by atoms with Crippen LogP contribution in [0.15, 0.2) is 48.5 Å². The number of nitrogens with one attached hydrogen (secondary N) is 1. The van der Waals surface area contributed by atoms with Gasteiger partial charge in [0.1, 0.15) is 5.75 Å². The van der Waals surface area contributed by atoms with Crippen molar-refractivity contribution < 1.29 is 9.53 Å². The minimum absolute atomic E-state index is 0.0999. The first-order chi connectivity index (χ1) is 13.1. The number of anilines is 1. The van der Waals surface area contributed by atoms with Gasteiger partial charge in [0.15, 0.2) is 6.10 Å². The summed E-state index contributed by atoms with van der Waals surface area (Å²) in [5.41, 5.74) is 5.85. The summed E-state index contributed by atoms with van der Waals surface area (Å²) in [5.74, 6) is 0.675. The molecular weight excluding hydrogens is 334 g/mol. The van der Waals surface area contributed by atoms with Crippen molar-refractivity contribution in [3.8, 4) is 5.75 Å². The first kappa shape index (κ1) is 17.6. The number of carbonyl (C=O) groups excluding carboxylic acids is 1. The van der Waals surface area contributed by atoms with Crippen molar-refractivity contribution in [1.82, 2.24) is 0 Å². The topological polar surface area (TPSA) is 38.3 Å². The Labute approximate surface area is 160 Å². The molecule has 0 spiro atoms. The van der Waals surface area contributed by atoms with Crippen molar-refractivity contribution >= 4 is 22.4 Å². The summed E-state index contributed by atoms with van der Waals surface area (Å²) in [4.78, 5) is 12.9. The molecule has 27 heavy (non-hydrogen) atoms. The van der Waals surface area contributed by atoms with Crippen molar-refractivity contribution in [3.63, 3.8) is 0 Å². The quantitative estimate of drug-likeness (QED) is 0.667.